The summed E-state index contributed by atoms with van der Waals surface area (Å²) in [6, 6.07) is 8.89. The lowest BCUT2D eigenvalue weighted by Gasteiger charge is -2.04. The van der Waals surface area contributed by atoms with Gasteiger partial charge < -0.3 is 4.90 Å². The highest BCUT2D eigenvalue weighted by Crippen LogP contribution is 2.26. The molecule has 0 spiro atoms. The average Bonchev–Trinajstić information content (AvgIpc) is 2.46. The van der Waals surface area contributed by atoms with E-state index in [0.717, 1.165) is 10.6 Å². The Kier molecular flexibility index (Phi) is 1.73. The molecule has 0 saturated carbocycles. The fourth-order valence-corrected chi connectivity index (χ4v) is 1.87. The predicted octanol–water partition coefficient (Wildman–Crippen LogP) is 2.16. The van der Waals surface area contributed by atoms with Gasteiger partial charge in [-0.05, 0) is 18.2 Å². The molecular formula is C9H9N2S. The molecular weight excluding hydrogens is 168 g/mol. The van der Waals surface area contributed by atoms with Crippen molar-refractivity contribution >= 4 is 26.7 Å². The second-order valence-electron chi connectivity index (χ2n) is 2.78. The lowest BCUT2D eigenvalue weighted by molar-refractivity contribution is 1.11. The molecule has 0 unspecified atom stereocenters. The van der Waals surface area contributed by atoms with Crippen LogP contribution in [0.2, 0.25) is 0 Å². The van der Waals surface area contributed by atoms with E-state index in [2.05, 4.69) is 11.1 Å². The van der Waals surface area contributed by atoms with Crippen LogP contribution in [0.3, 0.4) is 0 Å². The molecule has 0 aliphatic rings. The van der Waals surface area contributed by atoms with Crippen LogP contribution in [0.4, 0.5) is 5.13 Å². The third-order valence-corrected chi connectivity index (χ3v) is 2.79. The first kappa shape index (κ1) is 7.55. The molecule has 1 radical (unpaired) electrons. The molecule has 2 nitrogen and oxygen atoms in total. The minimum Gasteiger partial charge on any atom is -0.354 e. The number of rotatable bonds is 1. The summed E-state index contributed by atoms with van der Waals surface area (Å²) in [5.74, 6) is 0. The highest BCUT2D eigenvalue weighted by atomic mass is 32.1. The molecule has 1 heterocycles. The van der Waals surface area contributed by atoms with E-state index >= 15 is 0 Å². The van der Waals surface area contributed by atoms with Crippen LogP contribution in [-0.4, -0.2) is 19.1 Å². The molecule has 0 bridgehead atoms. The van der Waals surface area contributed by atoms with Crippen LogP contribution in [0.1, 0.15) is 0 Å². The zero-order valence-corrected chi connectivity index (χ0v) is 7.85. The van der Waals surface area contributed by atoms with Gasteiger partial charge in [-0.25, -0.2) is 4.98 Å². The zero-order valence-electron chi connectivity index (χ0n) is 7.03. The van der Waals surface area contributed by atoms with Crippen molar-refractivity contribution in [1.29, 1.82) is 0 Å². The van der Waals surface area contributed by atoms with Crippen LogP contribution in [-0.2, 0) is 0 Å². The maximum atomic E-state index is 4.44. The second kappa shape index (κ2) is 2.75. The molecule has 0 amide bonds. The average molecular weight is 177 g/mol. The van der Waals surface area contributed by atoms with Crippen molar-refractivity contribution in [2.24, 2.45) is 0 Å². The Balaban J connectivity index is 2.62. The second-order valence-corrected chi connectivity index (χ2v) is 3.79. The Hall–Kier alpha value is -1.09. The van der Waals surface area contributed by atoms with Crippen molar-refractivity contribution in [3.8, 4) is 0 Å². The summed E-state index contributed by atoms with van der Waals surface area (Å²) in [6.45, 7) is 0. The largest absolute Gasteiger partial charge is 0.354 e. The fourth-order valence-electron chi connectivity index (χ4n) is 0.997. The van der Waals surface area contributed by atoms with Crippen LogP contribution >= 0.6 is 11.3 Å². The number of thiazole rings is 1. The lowest BCUT2D eigenvalue weighted by atomic mass is 10.3. The molecule has 0 saturated heterocycles. The molecule has 12 heavy (non-hydrogen) atoms. The van der Waals surface area contributed by atoms with Gasteiger partial charge in [-0.15, -0.1) is 0 Å². The Bertz CT molecular complexity index is 359. The summed E-state index contributed by atoms with van der Waals surface area (Å²) in [6.07, 6.45) is 0. The topological polar surface area (TPSA) is 16.1 Å². The van der Waals surface area contributed by atoms with Gasteiger partial charge in [0.1, 0.15) is 0 Å². The highest BCUT2D eigenvalue weighted by molar-refractivity contribution is 7.22. The van der Waals surface area contributed by atoms with Crippen molar-refractivity contribution in [1.82, 2.24) is 4.98 Å². The third-order valence-electron chi connectivity index (χ3n) is 1.60. The summed E-state index contributed by atoms with van der Waals surface area (Å²) in [5.41, 5.74) is 1.06. The third kappa shape index (κ3) is 1.16. The molecule has 61 valence electrons. The Labute approximate surface area is 75.5 Å². The summed E-state index contributed by atoms with van der Waals surface area (Å²) in [5, 5.41) is 1.05. The lowest BCUT2D eigenvalue weighted by Crippen LogP contribution is -2.07. The standard InChI is InChI=1S/C9H9N2S/c1-11(2)9-10-7-5-3-4-6-8(7)12-9/h3,5-6H,1-2H3. The van der Waals surface area contributed by atoms with Gasteiger partial charge >= 0.3 is 0 Å². The highest BCUT2D eigenvalue weighted by Gasteiger charge is 2.02. The first-order valence-corrected chi connectivity index (χ1v) is 4.53. The smallest absolute Gasteiger partial charge is 0.185 e. The van der Waals surface area contributed by atoms with E-state index in [9.17, 15) is 0 Å². The molecule has 2 aromatic rings. The molecule has 0 N–H and O–H groups in total. The van der Waals surface area contributed by atoms with Gasteiger partial charge in [0.15, 0.2) is 5.13 Å². The Morgan fingerprint density at radius 2 is 2.33 bits per heavy atom. The number of aromatic nitrogens is 1. The van der Waals surface area contributed by atoms with E-state index in [-0.39, 0.29) is 0 Å². The van der Waals surface area contributed by atoms with Gasteiger partial charge in [0.05, 0.1) is 10.2 Å². The molecule has 0 atom stereocenters. The van der Waals surface area contributed by atoms with E-state index in [0.29, 0.717) is 0 Å². The van der Waals surface area contributed by atoms with Gasteiger partial charge in [0.25, 0.3) is 0 Å². The van der Waals surface area contributed by atoms with Crippen molar-refractivity contribution in [3.63, 3.8) is 0 Å². The van der Waals surface area contributed by atoms with Crippen LogP contribution < -0.4 is 4.90 Å². The molecule has 0 aliphatic heterocycles. The van der Waals surface area contributed by atoms with E-state index in [1.807, 2.05) is 37.2 Å². The van der Waals surface area contributed by atoms with Gasteiger partial charge in [-0.1, -0.05) is 17.4 Å². The number of benzene rings is 1. The monoisotopic (exact) mass is 177 g/mol. The minimum atomic E-state index is 1.05. The van der Waals surface area contributed by atoms with Crippen molar-refractivity contribution < 1.29 is 0 Å². The summed E-state index contributed by atoms with van der Waals surface area (Å²) >= 11 is 1.69. The van der Waals surface area contributed by atoms with Gasteiger partial charge in [0, 0.05) is 14.1 Å². The molecule has 2 rings (SSSR count). The number of nitrogens with zero attached hydrogens (tertiary/aromatic N) is 2. The van der Waals surface area contributed by atoms with E-state index < -0.39 is 0 Å². The maximum Gasteiger partial charge on any atom is 0.185 e. The predicted molar refractivity (Wildman–Crippen MR) is 52.8 cm³/mol. The van der Waals surface area contributed by atoms with Crippen LogP contribution in [0, 0.1) is 6.07 Å². The van der Waals surface area contributed by atoms with Gasteiger partial charge in [-0.3, -0.25) is 0 Å². The molecule has 1 aromatic carbocycles. The van der Waals surface area contributed by atoms with Gasteiger partial charge in [-0.2, -0.15) is 0 Å². The van der Waals surface area contributed by atoms with E-state index in [4.69, 9.17) is 0 Å². The van der Waals surface area contributed by atoms with E-state index in [1.165, 1.54) is 4.70 Å². The summed E-state index contributed by atoms with van der Waals surface area (Å²) < 4.78 is 1.20. The first-order valence-electron chi connectivity index (χ1n) is 3.71. The molecule has 3 heteroatoms. The first-order chi connectivity index (χ1) is 5.77. The Morgan fingerprint density at radius 1 is 1.50 bits per heavy atom. The quantitative estimate of drug-likeness (QED) is 0.663. The molecule has 1 aromatic heterocycles. The van der Waals surface area contributed by atoms with Crippen LogP contribution in [0.15, 0.2) is 18.2 Å². The molecule has 0 fully saturated rings. The SMILES string of the molecule is CN(C)c1nc2cc[c]cc2s1. The number of hydrogen-bond acceptors (Lipinski definition) is 3. The van der Waals surface area contributed by atoms with Crippen molar-refractivity contribution in [3.05, 3.63) is 24.3 Å². The van der Waals surface area contributed by atoms with E-state index in [1.54, 1.807) is 11.3 Å². The van der Waals surface area contributed by atoms with Gasteiger partial charge in [0.2, 0.25) is 0 Å². The van der Waals surface area contributed by atoms with Crippen LogP contribution in [0.25, 0.3) is 10.2 Å². The number of anilines is 1. The number of fused-ring (bicyclic) bond motifs is 1. The fraction of sp³-hybridized carbons (Fsp3) is 0.222. The minimum absolute atomic E-state index is 1.05. The van der Waals surface area contributed by atoms with Crippen LogP contribution in [0.5, 0.6) is 0 Å². The Morgan fingerprint density at radius 3 is 3.00 bits per heavy atom. The summed E-state index contributed by atoms with van der Waals surface area (Å²) in [4.78, 5) is 6.46. The van der Waals surface area contributed by atoms with Crippen molar-refractivity contribution in [2.75, 3.05) is 19.0 Å². The number of hydrogen-bond donors (Lipinski definition) is 0. The molecule has 0 aliphatic carbocycles. The zero-order chi connectivity index (χ0) is 8.55. The summed E-state index contributed by atoms with van der Waals surface area (Å²) in [7, 11) is 4.00. The maximum absolute atomic E-state index is 4.44. The van der Waals surface area contributed by atoms with Crippen molar-refractivity contribution in [2.45, 2.75) is 0 Å². The normalized spacial score (nSPS) is 10.5.